The smallest absolute Gasteiger partial charge is 0.213 e. The van der Waals surface area contributed by atoms with Crippen LogP contribution in [-0.4, -0.2) is 40.2 Å². The van der Waals surface area contributed by atoms with Crippen LogP contribution in [0.3, 0.4) is 0 Å². The molecule has 79 valence electrons. The number of rotatable bonds is 5. The first-order chi connectivity index (χ1) is 5.69. The van der Waals surface area contributed by atoms with Crippen molar-refractivity contribution in [2.45, 2.75) is 6.92 Å². The quantitative estimate of drug-likeness (QED) is 0.651. The van der Waals surface area contributed by atoms with E-state index in [1.54, 1.807) is 0 Å². The maximum absolute atomic E-state index is 11.1. The van der Waals surface area contributed by atoms with Crippen LogP contribution < -0.4 is 4.72 Å². The van der Waals surface area contributed by atoms with Crippen molar-refractivity contribution < 1.29 is 16.8 Å². The molecule has 0 saturated carbocycles. The van der Waals surface area contributed by atoms with E-state index >= 15 is 0 Å². The van der Waals surface area contributed by atoms with Crippen LogP contribution in [0.1, 0.15) is 6.92 Å². The third-order valence-corrected chi connectivity index (χ3v) is 3.50. The van der Waals surface area contributed by atoms with E-state index in [1.165, 1.54) is 14.0 Å². The third kappa shape index (κ3) is 5.19. The van der Waals surface area contributed by atoms with Gasteiger partial charge in [0.05, 0.1) is 12.0 Å². The molecular weight excluding hydrogens is 216 g/mol. The van der Waals surface area contributed by atoms with E-state index < -0.39 is 20.0 Å². The lowest BCUT2D eigenvalue weighted by molar-refractivity contribution is 0.507. The zero-order valence-electron chi connectivity index (χ0n) is 7.68. The van der Waals surface area contributed by atoms with Crippen LogP contribution in [0, 0.1) is 6.67 Å². The summed E-state index contributed by atoms with van der Waals surface area (Å²) in [6.45, 7) is 2.37. The van der Waals surface area contributed by atoms with E-state index in [9.17, 15) is 16.8 Å². The fourth-order valence-corrected chi connectivity index (χ4v) is 1.49. The minimum atomic E-state index is -3.40. The van der Waals surface area contributed by atoms with Crippen molar-refractivity contribution in [1.29, 1.82) is 0 Å². The standard InChI is InChI=1S/C5H13N2O4S2/c1-4-13(10,11)7(2)5-6-12(3,8)9/h5-6H,4H2,1-3H3. The monoisotopic (exact) mass is 229 g/mol. The summed E-state index contributed by atoms with van der Waals surface area (Å²) in [6.07, 6.45) is 0.940. The molecule has 0 saturated heterocycles. The molecule has 0 unspecified atom stereocenters. The molecule has 0 rings (SSSR count). The molecule has 0 spiro atoms. The van der Waals surface area contributed by atoms with Gasteiger partial charge in [-0.1, -0.05) is 0 Å². The summed E-state index contributed by atoms with van der Waals surface area (Å²) in [6, 6.07) is 0. The van der Waals surface area contributed by atoms with Crippen molar-refractivity contribution in [3.8, 4) is 0 Å². The Balaban J connectivity index is 4.27. The topological polar surface area (TPSA) is 83.6 Å². The van der Waals surface area contributed by atoms with E-state index in [1.807, 2.05) is 4.72 Å². The van der Waals surface area contributed by atoms with Crippen molar-refractivity contribution >= 4 is 20.0 Å². The number of hydrogen-bond donors (Lipinski definition) is 1. The summed E-state index contributed by atoms with van der Waals surface area (Å²) in [5.41, 5.74) is 0. The Labute approximate surface area is 79.0 Å². The van der Waals surface area contributed by atoms with Crippen molar-refractivity contribution in [1.82, 2.24) is 9.03 Å². The molecule has 6 nitrogen and oxygen atoms in total. The normalized spacial score (nSPS) is 13.5. The Morgan fingerprint density at radius 1 is 1.31 bits per heavy atom. The van der Waals surface area contributed by atoms with E-state index in [0.717, 1.165) is 17.2 Å². The molecule has 1 radical (unpaired) electrons. The summed E-state index contributed by atoms with van der Waals surface area (Å²) in [4.78, 5) is 0. The first-order valence-electron chi connectivity index (χ1n) is 3.45. The SMILES string of the molecule is CCS(=O)(=O)N(C)[CH]NS(C)(=O)=O. The van der Waals surface area contributed by atoms with Gasteiger partial charge in [-0.2, -0.15) is 9.03 Å². The summed E-state index contributed by atoms with van der Waals surface area (Å²) >= 11 is 0. The fourth-order valence-electron chi connectivity index (χ4n) is 0.454. The molecule has 1 N–H and O–H groups in total. The highest BCUT2D eigenvalue weighted by molar-refractivity contribution is 7.89. The predicted octanol–water partition coefficient (Wildman–Crippen LogP) is -1.06. The predicted molar refractivity (Wildman–Crippen MR) is 49.5 cm³/mol. The number of sulfonamides is 2. The van der Waals surface area contributed by atoms with Gasteiger partial charge in [-0.25, -0.2) is 16.8 Å². The van der Waals surface area contributed by atoms with Crippen LogP contribution in [0.5, 0.6) is 0 Å². The van der Waals surface area contributed by atoms with E-state index in [-0.39, 0.29) is 5.75 Å². The maximum Gasteiger partial charge on any atom is 0.215 e. The summed E-state index contributed by atoms with van der Waals surface area (Å²) < 4.78 is 46.1. The molecule has 0 aliphatic rings. The molecule has 0 aromatic heterocycles. The second kappa shape index (κ2) is 4.36. The lowest BCUT2D eigenvalue weighted by atomic mass is 11.0. The average molecular weight is 229 g/mol. The van der Waals surface area contributed by atoms with Crippen molar-refractivity contribution in [3.63, 3.8) is 0 Å². The third-order valence-electron chi connectivity index (χ3n) is 1.25. The van der Waals surface area contributed by atoms with Crippen LogP contribution in [0.25, 0.3) is 0 Å². The zero-order chi connectivity index (χ0) is 10.7. The van der Waals surface area contributed by atoms with Gasteiger partial charge in [-0.15, -0.1) is 0 Å². The second-order valence-corrected chi connectivity index (χ2v) is 6.53. The Morgan fingerprint density at radius 3 is 2.08 bits per heavy atom. The van der Waals surface area contributed by atoms with Gasteiger partial charge in [0.1, 0.15) is 6.67 Å². The van der Waals surface area contributed by atoms with Crippen LogP contribution in [0.4, 0.5) is 0 Å². The summed E-state index contributed by atoms with van der Waals surface area (Å²) in [5.74, 6) is -0.0779. The van der Waals surface area contributed by atoms with E-state index in [4.69, 9.17) is 0 Å². The van der Waals surface area contributed by atoms with Crippen molar-refractivity contribution in [2.75, 3.05) is 19.1 Å². The number of nitrogens with one attached hydrogen (secondary N) is 1. The molecule has 13 heavy (non-hydrogen) atoms. The molecule has 8 heteroatoms. The largest absolute Gasteiger partial charge is 0.215 e. The molecule has 0 fully saturated rings. The summed E-state index contributed by atoms with van der Waals surface area (Å²) in [5, 5.41) is 0. The molecular formula is C5H13N2O4S2. The number of nitrogens with zero attached hydrogens (tertiary/aromatic N) is 1. The Hall–Kier alpha value is -0.180. The van der Waals surface area contributed by atoms with Gasteiger partial charge in [0.2, 0.25) is 20.0 Å². The van der Waals surface area contributed by atoms with Crippen molar-refractivity contribution in [3.05, 3.63) is 6.67 Å². The van der Waals surface area contributed by atoms with Crippen LogP contribution in [0.2, 0.25) is 0 Å². The highest BCUT2D eigenvalue weighted by Gasteiger charge is 2.16. The van der Waals surface area contributed by atoms with E-state index in [2.05, 4.69) is 0 Å². The fraction of sp³-hybridized carbons (Fsp3) is 0.800. The molecule has 0 aromatic carbocycles. The molecule has 0 bridgehead atoms. The van der Waals surface area contributed by atoms with Crippen molar-refractivity contribution in [2.24, 2.45) is 0 Å². The summed E-state index contributed by atoms with van der Waals surface area (Å²) in [7, 11) is -5.51. The van der Waals surface area contributed by atoms with Gasteiger partial charge in [-0.3, -0.25) is 0 Å². The number of hydrogen-bond acceptors (Lipinski definition) is 4. The molecule has 0 heterocycles. The van der Waals surface area contributed by atoms with Gasteiger partial charge in [0.25, 0.3) is 0 Å². The lowest BCUT2D eigenvalue weighted by Gasteiger charge is -2.14. The van der Waals surface area contributed by atoms with Crippen LogP contribution in [0.15, 0.2) is 0 Å². The first-order valence-corrected chi connectivity index (χ1v) is 6.95. The Bertz CT molecular complexity index is 345. The van der Waals surface area contributed by atoms with Gasteiger partial charge < -0.3 is 0 Å². The Morgan fingerprint density at radius 2 is 1.77 bits per heavy atom. The first kappa shape index (κ1) is 12.8. The molecule has 0 atom stereocenters. The zero-order valence-corrected chi connectivity index (χ0v) is 9.31. The maximum atomic E-state index is 11.1. The minimum absolute atomic E-state index is 0.0779. The average Bonchev–Trinajstić information content (AvgIpc) is 1.98. The minimum Gasteiger partial charge on any atom is -0.213 e. The highest BCUT2D eigenvalue weighted by Crippen LogP contribution is 1.98. The second-order valence-electron chi connectivity index (χ2n) is 2.44. The van der Waals surface area contributed by atoms with Gasteiger partial charge in [-0.05, 0) is 6.92 Å². The van der Waals surface area contributed by atoms with Crippen LogP contribution >= 0.6 is 0 Å². The van der Waals surface area contributed by atoms with Gasteiger partial charge >= 0.3 is 0 Å². The van der Waals surface area contributed by atoms with Gasteiger partial charge in [0, 0.05) is 7.05 Å². The highest BCUT2D eigenvalue weighted by atomic mass is 32.2. The molecule has 0 aromatic rings. The van der Waals surface area contributed by atoms with Gasteiger partial charge in [0.15, 0.2) is 0 Å². The molecule has 0 aliphatic heterocycles. The Kier molecular flexibility index (Phi) is 4.30. The van der Waals surface area contributed by atoms with Crippen LogP contribution in [-0.2, 0) is 20.0 Å². The van der Waals surface area contributed by atoms with E-state index in [0.29, 0.717) is 0 Å². The molecule has 0 amide bonds. The lowest BCUT2D eigenvalue weighted by Crippen LogP contribution is -2.34. The molecule has 0 aliphatic carbocycles.